The fourth-order valence-corrected chi connectivity index (χ4v) is 5.44. The van der Waals surface area contributed by atoms with Gasteiger partial charge in [-0.1, -0.05) is 47.7 Å². The maximum Gasteiger partial charge on any atom is 0.282 e. The summed E-state index contributed by atoms with van der Waals surface area (Å²) < 4.78 is 7.85. The topological polar surface area (TPSA) is 125 Å². The maximum atomic E-state index is 12.9. The Morgan fingerprint density at radius 3 is 2.73 bits per heavy atom. The van der Waals surface area contributed by atoms with Gasteiger partial charge in [0, 0.05) is 11.6 Å². The zero-order valence-electron chi connectivity index (χ0n) is 21.3. The molecule has 4 aromatic carbocycles. The molecule has 0 fully saturated rings. The summed E-state index contributed by atoms with van der Waals surface area (Å²) in [7, 11) is 1.59. The van der Waals surface area contributed by atoms with Crippen LogP contribution in [0.3, 0.4) is 0 Å². The molecule has 6 rings (SSSR count). The number of hydrogen-bond acceptors (Lipinski definition) is 8. The first-order chi connectivity index (χ1) is 19.5. The number of methoxy groups -OCH3 is 1. The standard InChI is InChI=1S/C29H22N6O4S/c1-39-23-9-11-25-27(14-23)40-29(31-25)21-8-10-24(26(13-21)35(37)38)28(36)30-15-22-17-34(33-32-22)16-18-6-7-19-4-2-3-5-20(19)12-18/h2-14,17H,15-16H2,1H3,(H,30,36). The van der Waals surface area contributed by atoms with Gasteiger partial charge in [-0.05, 0) is 46.7 Å². The van der Waals surface area contributed by atoms with Crippen LogP contribution < -0.4 is 10.1 Å². The summed E-state index contributed by atoms with van der Waals surface area (Å²) >= 11 is 1.39. The molecule has 0 aliphatic heterocycles. The second-order valence-corrected chi connectivity index (χ2v) is 10.1. The minimum absolute atomic E-state index is 0.0416. The van der Waals surface area contributed by atoms with Crippen molar-refractivity contribution in [2.45, 2.75) is 13.1 Å². The van der Waals surface area contributed by atoms with Crippen molar-refractivity contribution in [3.8, 4) is 16.3 Å². The number of ether oxygens (including phenoxy) is 1. The van der Waals surface area contributed by atoms with Gasteiger partial charge in [0.2, 0.25) is 0 Å². The Kier molecular flexibility index (Phi) is 6.62. The molecule has 0 spiro atoms. The van der Waals surface area contributed by atoms with Crippen LogP contribution in [0.15, 0.2) is 85.1 Å². The van der Waals surface area contributed by atoms with E-state index in [1.807, 2.05) is 36.4 Å². The van der Waals surface area contributed by atoms with Crippen molar-refractivity contribution in [3.05, 3.63) is 112 Å². The maximum absolute atomic E-state index is 12.9. The second-order valence-electron chi connectivity index (χ2n) is 9.11. The predicted molar refractivity (Wildman–Crippen MR) is 153 cm³/mol. The summed E-state index contributed by atoms with van der Waals surface area (Å²) in [5.74, 6) is 0.130. The number of nitro groups is 1. The smallest absolute Gasteiger partial charge is 0.282 e. The lowest BCUT2D eigenvalue weighted by atomic mass is 10.1. The Hall–Kier alpha value is -5.16. The number of nitrogens with zero attached hydrogens (tertiary/aromatic N) is 5. The third kappa shape index (κ3) is 5.09. The highest BCUT2D eigenvalue weighted by molar-refractivity contribution is 7.21. The molecule has 0 saturated heterocycles. The Morgan fingerprint density at radius 2 is 1.90 bits per heavy atom. The fourth-order valence-electron chi connectivity index (χ4n) is 4.45. The first kappa shape index (κ1) is 25.1. The molecule has 1 N–H and O–H groups in total. The summed E-state index contributed by atoms with van der Waals surface area (Å²) in [5, 5.41) is 25.8. The molecule has 1 amide bonds. The van der Waals surface area contributed by atoms with E-state index in [9.17, 15) is 14.9 Å². The first-order valence-electron chi connectivity index (χ1n) is 12.3. The number of aromatic nitrogens is 4. The zero-order valence-corrected chi connectivity index (χ0v) is 22.1. The van der Waals surface area contributed by atoms with E-state index in [-0.39, 0.29) is 17.8 Å². The minimum Gasteiger partial charge on any atom is -0.497 e. The van der Waals surface area contributed by atoms with Crippen molar-refractivity contribution < 1.29 is 14.5 Å². The normalized spacial score (nSPS) is 11.1. The Balaban J connectivity index is 1.15. The van der Waals surface area contributed by atoms with Crippen molar-refractivity contribution in [3.63, 3.8) is 0 Å². The molecule has 0 unspecified atom stereocenters. The number of benzene rings is 4. The number of hydrogen-bond donors (Lipinski definition) is 1. The van der Waals surface area contributed by atoms with E-state index in [0.717, 1.165) is 26.6 Å². The molecule has 40 heavy (non-hydrogen) atoms. The number of nitro benzene ring substituents is 1. The molecular weight excluding hydrogens is 528 g/mol. The van der Waals surface area contributed by atoms with Gasteiger partial charge in [-0.15, -0.1) is 16.4 Å². The predicted octanol–water partition coefficient (Wildman–Crippen LogP) is 5.60. The Bertz CT molecular complexity index is 1900. The van der Waals surface area contributed by atoms with Gasteiger partial charge in [-0.2, -0.15) is 0 Å². The van der Waals surface area contributed by atoms with E-state index in [4.69, 9.17) is 4.74 Å². The van der Waals surface area contributed by atoms with Gasteiger partial charge in [0.05, 0.1) is 41.5 Å². The van der Waals surface area contributed by atoms with Crippen LogP contribution in [0.25, 0.3) is 31.6 Å². The molecule has 6 aromatic rings. The molecule has 0 bridgehead atoms. The molecule has 2 aromatic heterocycles. The van der Waals surface area contributed by atoms with Crippen LogP contribution >= 0.6 is 11.3 Å². The number of rotatable bonds is 8. The lowest BCUT2D eigenvalue weighted by Crippen LogP contribution is -2.24. The lowest BCUT2D eigenvalue weighted by molar-refractivity contribution is -0.385. The van der Waals surface area contributed by atoms with Crippen molar-refractivity contribution in [2.75, 3.05) is 7.11 Å². The van der Waals surface area contributed by atoms with E-state index < -0.39 is 10.8 Å². The summed E-state index contributed by atoms with van der Waals surface area (Å²) in [5.41, 5.74) is 2.59. The summed E-state index contributed by atoms with van der Waals surface area (Å²) in [6, 6.07) is 24.3. The molecule has 0 aliphatic rings. The van der Waals surface area contributed by atoms with Crippen LogP contribution in [0.5, 0.6) is 5.75 Å². The number of nitrogens with one attached hydrogen (secondary N) is 1. The molecule has 11 heteroatoms. The van der Waals surface area contributed by atoms with Crippen LogP contribution in [0.4, 0.5) is 5.69 Å². The van der Waals surface area contributed by atoms with Crippen LogP contribution in [-0.2, 0) is 13.1 Å². The van der Waals surface area contributed by atoms with Crippen molar-refractivity contribution in [1.29, 1.82) is 0 Å². The number of carbonyl (C=O) groups is 1. The average Bonchev–Trinajstić information content (AvgIpc) is 3.61. The third-order valence-corrected chi connectivity index (χ3v) is 7.52. The largest absolute Gasteiger partial charge is 0.497 e. The van der Waals surface area contributed by atoms with Crippen molar-refractivity contribution in [1.82, 2.24) is 25.3 Å². The van der Waals surface area contributed by atoms with Crippen LogP contribution in [0, 0.1) is 10.1 Å². The van der Waals surface area contributed by atoms with E-state index in [2.05, 4.69) is 44.9 Å². The number of carbonyl (C=O) groups excluding carboxylic acids is 1. The molecule has 0 atom stereocenters. The van der Waals surface area contributed by atoms with Gasteiger partial charge in [-0.25, -0.2) is 9.67 Å². The SMILES string of the molecule is COc1ccc2nc(-c3ccc(C(=O)NCc4cn(Cc5ccc6ccccc6c5)nn4)c([N+](=O)[O-])c3)sc2c1. The summed E-state index contributed by atoms with van der Waals surface area (Å²) in [6.45, 7) is 0.604. The minimum atomic E-state index is -0.573. The average molecular weight is 551 g/mol. The quantitative estimate of drug-likeness (QED) is 0.193. The zero-order chi connectivity index (χ0) is 27.6. The Labute approximate surface area is 232 Å². The van der Waals surface area contributed by atoms with Gasteiger partial charge < -0.3 is 10.1 Å². The van der Waals surface area contributed by atoms with E-state index in [1.165, 1.54) is 23.5 Å². The summed E-state index contributed by atoms with van der Waals surface area (Å²) in [4.78, 5) is 28.8. The van der Waals surface area contributed by atoms with Crippen molar-refractivity contribution >= 4 is 43.9 Å². The molecule has 10 nitrogen and oxygen atoms in total. The highest BCUT2D eigenvalue weighted by Gasteiger charge is 2.22. The highest BCUT2D eigenvalue weighted by Crippen LogP contribution is 2.34. The van der Waals surface area contributed by atoms with Gasteiger partial charge >= 0.3 is 0 Å². The summed E-state index contributed by atoms with van der Waals surface area (Å²) in [6.07, 6.45) is 1.75. The number of amides is 1. The molecular formula is C29H22N6O4S. The fraction of sp³-hybridized carbons (Fsp3) is 0.103. The molecule has 198 valence electrons. The Morgan fingerprint density at radius 1 is 1.05 bits per heavy atom. The van der Waals surface area contributed by atoms with Gasteiger partial charge in [0.1, 0.15) is 22.0 Å². The number of thiazole rings is 1. The van der Waals surface area contributed by atoms with E-state index in [1.54, 1.807) is 24.1 Å². The van der Waals surface area contributed by atoms with Crippen molar-refractivity contribution in [2.24, 2.45) is 0 Å². The molecule has 0 saturated carbocycles. The third-order valence-electron chi connectivity index (χ3n) is 6.46. The molecule has 0 aliphatic carbocycles. The second kappa shape index (κ2) is 10.5. The van der Waals surface area contributed by atoms with Crippen LogP contribution in [0.2, 0.25) is 0 Å². The van der Waals surface area contributed by atoms with Crippen LogP contribution in [0.1, 0.15) is 21.6 Å². The van der Waals surface area contributed by atoms with Gasteiger partial charge in [0.25, 0.3) is 11.6 Å². The lowest BCUT2D eigenvalue weighted by Gasteiger charge is -2.06. The number of fused-ring (bicyclic) bond motifs is 2. The van der Waals surface area contributed by atoms with Gasteiger partial charge in [0.15, 0.2) is 0 Å². The molecule has 0 radical (unpaired) electrons. The van der Waals surface area contributed by atoms with E-state index in [0.29, 0.717) is 28.6 Å². The monoisotopic (exact) mass is 550 g/mol. The molecule has 2 heterocycles. The highest BCUT2D eigenvalue weighted by atomic mass is 32.1. The van der Waals surface area contributed by atoms with Crippen LogP contribution in [-0.4, -0.2) is 37.9 Å². The first-order valence-corrected chi connectivity index (χ1v) is 13.2. The van der Waals surface area contributed by atoms with E-state index >= 15 is 0 Å². The van der Waals surface area contributed by atoms with Gasteiger partial charge in [-0.3, -0.25) is 14.9 Å².